The zero-order chi connectivity index (χ0) is 21.6. The second-order valence-corrected chi connectivity index (χ2v) is 14.3. The Morgan fingerprint density at radius 1 is 0.897 bits per heavy atom. The summed E-state index contributed by atoms with van der Waals surface area (Å²) >= 11 is 26.5. The SMILES string of the molecule is Clc1nccc2cc(Br)ccc12.O=P(Cl)(Cl)Cl.[O-][n+]1ccc2cc(Br)ccc2c1. The van der Waals surface area contributed by atoms with E-state index in [2.05, 4.69) is 70.6 Å². The summed E-state index contributed by atoms with van der Waals surface area (Å²) in [5, 5.41) is 12.3. The van der Waals surface area contributed by atoms with Crippen LogP contribution >= 0.6 is 82.4 Å². The van der Waals surface area contributed by atoms with Crippen LogP contribution < -0.4 is 4.73 Å². The van der Waals surface area contributed by atoms with Crippen LogP contribution in [0.1, 0.15) is 0 Å². The van der Waals surface area contributed by atoms with E-state index in [1.165, 1.54) is 6.20 Å². The van der Waals surface area contributed by atoms with Crippen LogP contribution in [0.25, 0.3) is 21.5 Å². The summed E-state index contributed by atoms with van der Waals surface area (Å²) in [4.78, 5) is 3.99. The molecule has 2 aromatic carbocycles. The highest BCUT2D eigenvalue weighted by Crippen LogP contribution is 2.61. The van der Waals surface area contributed by atoms with E-state index in [0.29, 0.717) is 5.15 Å². The third-order valence-corrected chi connectivity index (χ3v) is 4.68. The lowest BCUT2D eigenvalue weighted by atomic mass is 10.2. The summed E-state index contributed by atoms with van der Waals surface area (Å²) in [5.41, 5.74) is 0. The lowest BCUT2D eigenvalue weighted by molar-refractivity contribution is -0.603. The van der Waals surface area contributed by atoms with Crippen molar-refractivity contribution in [3.8, 4) is 0 Å². The average Bonchev–Trinajstić information content (AvgIpc) is 2.61. The highest BCUT2D eigenvalue weighted by molar-refractivity contribution is 9.10. The van der Waals surface area contributed by atoms with Crippen molar-refractivity contribution in [3.63, 3.8) is 0 Å². The number of rotatable bonds is 0. The van der Waals surface area contributed by atoms with Gasteiger partial charge in [-0.25, -0.2) is 4.98 Å². The van der Waals surface area contributed by atoms with Gasteiger partial charge in [-0.2, -0.15) is 4.73 Å². The average molecular weight is 620 g/mol. The molecule has 0 bridgehead atoms. The largest absolute Gasteiger partial charge is 0.619 e. The van der Waals surface area contributed by atoms with Gasteiger partial charge in [0.1, 0.15) is 5.15 Å². The van der Waals surface area contributed by atoms with Crippen molar-refractivity contribution in [1.29, 1.82) is 0 Å². The molecule has 0 N–H and O–H groups in total. The molecule has 29 heavy (non-hydrogen) atoms. The Morgan fingerprint density at radius 3 is 2.14 bits per heavy atom. The monoisotopic (exact) mass is 616 g/mol. The van der Waals surface area contributed by atoms with Crippen LogP contribution in [-0.2, 0) is 4.57 Å². The van der Waals surface area contributed by atoms with Gasteiger partial charge in [-0.15, -0.1) is 0 Å². The van der Waals surface area contributed by atoms with Crippen LogP contribution in [0.2, 0.25) is 5.15 Å². The predicted molar refractivity (Wildman–Crippen MR) is 130 cm³/mol. The Labute approximate surface area is 203 Å². The van der Waals surface area contributed by atoms with E-state index in [9.17, 15) is 9.77 Å². The van der Waals surface area contributed by atoms with Gasteiger partial charge in [-0.3, -0.25) is 4.57 Å². The third-order valence-electron chi connectivity index (χ3n) is 3.39. The summed E-state index contributed by atoms with van der Waals surface area (Å²) in [6.45, 7) is 0. The van der Waals surface area contributed by atoms with Crippen molar-refractivity contribution < 1.29 is 9.30 Å². The van der Waals surface area contributed by atoms with Crippen molar-refractivity contribution in [2.45, 2.75) is 0 Å². The van der Waals surface area contributed by atoms with Gasteiger partial charge in [0, 0.05) is 32.0 Å². The quantitative estimate of drug-likeness (QED) is 0.0856. The Morgan fingerprint density at radius 2 is 1.48 bits per heavy atom. The lowest BCUT2D eigenvalue weighted by Crippen LogP contribution is -2.23. The van der Waals surface area contributed by atoms with Crippen molar-refractivity contribution in [2.24, 2.45) is 0 Å². The standard InChI is InChI=1S/C9H5BrClN.C9H6BrNO.Cl3OP/c10-7-1-2-8-6(5-7)3-4-12-9(8)11;10-9-2-1-8-6-11(12)4-3-7(8)5-9;1-5(2,3)4/h1-5H;1-6H;. The van der Waals surface area contributed by atoms with Gasteiger partial charge in [-0.05, 0) is 80.9 Å². The van der Waals surface area contributed by atoms with Gasteiger partial charge in [0.25, 0.3) is 0 Å². The summed E-state index contributed by atoms with van der Waals surface area (Å²) in [7, 11) is 0. The minimum absolute atomic E-state index is 0.556. The van der Waals surface area contributed by atoms with Gasteiger partial charge >= 0.3 is 5.20 Å². The number of fused-ring (bicyclic) bond motifs is 2. The second kappa shape index (κ2) is 11.1. The van der Waals surface area contributed by atoms with Crippen LogP contribution in [0.15, 0.2) is 76.1 Å². The number of aromatic nitrogens is 2. The fourth-order valence-corrected chi connectivity index (χ4v) is 3.24. The summed E-state index contributed by atoms with van der Waals surface area (Å²) in [6, 6.07) is 15.5. The maximum Gasteiger partial charge on any atom is 0.339 e. The minimum Gasteiger partial charge on any atom is -0.619 e. The van der Waals surface area contributed by atoms with Gasteiger partial charge in [-0.1, -0.05) is 49.5 Å². The molecule has 0 saturated heterocycles. The van der Waals surface area contributed by atoms with E-state index in [0.717, 1.165) is 35.2 Å². The van der Waals surface area contributed by atoms with Crippen LogP contribution in [0.4, 0.5) is 0 Å². The first kappa shape index (κ1) is 24.7. The van der Waals surface area contributed by atoms with Gasteiger partial charge in [0.15, 0.2) is 12.4 Å². The molecular weight excluding hydrogens is 609 g/mol. The van der Waals surface area contributed by atoms with E-state index < -0.39 is 5.20 Å². The first-order valence-electron chi connectivity index (χ1n) is 7.70. The van der Waals surface area contributed by atoms with Crippen LogP contribution in [-0.4, -0.2) is 4.98 Å². The maximum absolute atomic E-state index is 10.9. The van der Waals surface area contributed by atoms with Gasteiger partial charge in [0.2, 0.25) is 0 Å². The molecule has 0 saturated carbocycles. The highest BCUT2D eigenvalue weighted by Gasteiger charge is 2.03. The Hall–Kier alpha value is -0.590. The molecule has 0 unspecified atom stereocenters. The van der Waals surface area contributed by atoms with Crippen LogP contribution in [0, 0.1) is 5.21 Å². The molecule has 0 aliphatic carbocycles. The maximum atomic E-state index is 10.9. The van der Waals surface area contributed by atoms with Gasteiger partial charge in [0.05, 0.1) is 0 Å². The topological polar surface area (TPSA) is 56.9 Å². The van der Waals surface area contributed by atoms with Crippen molar-refractivity contribution in [1.82, 2.24) is 4.98 Å². The Balaban J connectivity index is 0.000000170. The molecule has 0 atom stereocenters. The zero-order valence-electron chi connectivity index (χ0n) is 14.3. The minimum atomic E-state index is -3.22. The number of benzene rings is 2. The molecule has 0 aliphatic rings. The molecule has 2 heterocycles. The summed E-state index contributed by atoms with van der Waals surface area (Å²) < 4.78 is 12.4. The molecule has 0 aliphatic heterocycles. The normalized spacial score (nSPS) is 10.7. The highest BCUT2D eigenvalue weighted by atomic mass is 79.9. The molecule has 0 radical (unpaired) electrons. The molecule has 2 aromatic heterocycles. The van der Waals surface area contributed by atoms with Crippen molar-refractivity contribution in [2.75, 3.05) is 0 Å². The van der Waals surface area contributed by atoms with Crippen LogP contribution in [0.3, 0.4) is 0 Å². The lowest BCUT2D eigenvalue weighted by Gasteiger charge is -1.98. The first-order chi connectivity index (χ1) is 13.5. The van der Waals surface area contributed by atoms with E-state index >= 15 is 0 Å². The molecule has 0 spiro atoms. The Kier molecular flexibility index (Phi) is 9.49. The number of pyridine rings is 2. The van der Waals surface area contributed by atoms with E-state index in [1.807, 2.05) is 42.5 Å². The number of hydrogen-bond acceptors (Lipinski definition) is 3. The molecule has 4 rings (SSSR count). The van der Waals surface area contributed by atoms with E-state index in [-0.39, 0.29) is 0 Å². The molecule has 4 nitrogen and oxygen atoms in total. The number of hydrogen-bond donors (Lipinski definition) is 0. The molecular formula is C18H11Br2Cl4N2O2P. The Bertz CT molecular complexity index is 1140. The van der Waals surface area contributed by atoms with Gasteiger partial charge < -0.3 is 5.21 Å². The summed E-state index contributed by atoms with van der Waals surface area (Å²) in [6.07, 6.45) is 4.76. The van der Waals surface area contributed by atoms with Crippen molar-refractivity contribution >= 4 is 104 Å². The smallest absolute Gasteiger partial charge is 0.339 e. The molecule has 11 heteroatoms. The van der Waals surface area contributed by atoms with Crippen molar-refractivity contribution in [3.05, 3.63) is 86.4 Å². The number of halogens is 6. The van der Waals surface area contributed by atoms with Crippen LogP contribution in [0.5, 0.6) is 0 Å². The summed E-state index contributed by atoms with van der Waals surface area (Å²) in [5.74, 6) is 0. The molecule has 4 aromatic rings. The molecule has 0 fully saturated rings. The third kappa shape index (κ3) is 8.97. The van der Waals surface area contributed by atoms with E-state index in [1.54, 1.807) is 18.5 Å². The second-order valence-electron chi connectivity index (χ2n) is 5.44. The van der Waals surface area contributed by atoms with E-state index in [4.69, 9.17) is 11.6 Å². The fraction of sp³-hybridized carbons (Fsp3) is 0. The number of nitrogens with zero attached hydrogens (tertiary/aromatic N) is 2. The molecule has 0 amide bonds. The predicted octanol–water partition coefficient (Wildman–Crippen LogP) is 8.70. The first-order valence-corrected chi connectivity index (χ1v) is 14.1. The molecule has 152 valence electrons. The fourth-order valence-electron chi connectivity index (χ4n) is 2.25. The zero-order valence-corrected chi connectivity index (χ0v) is 21.4.